The van der Waals surface area contributed by atoms with Crippen molar-refractivity contribution in [3.05, 3.63) is 0 Å². The molecule has 5 heterocycles. The molecular weight excluding hydrogens is 472 g/mol. The van der Waals surface area contributed by atoms with E-state index >= 15 is 0 Å². The zero-order valence-corrected chi connectivity index (χ0v) is 24.5. The Kier molecular flexibility index (Phi) is 6.96. The Morgan fingerprint density at radius 2 is 0.811 bits per heavy atom. The number of ether oxygens (including phenoxy) is 5. The molecule has 5 aliphatic rings. The van der Waals surface area contributed by atoms with E-state index in [2.05, 4.69) is 27.7 Å². The normalized spacial score (nSPS) is 51.4. The summed E-state index contributed by atoms with van der Waals surface area (Å²) < 4.78 is 33.1. The Morgan fingerprint density at radius 1 is 0.486 bits per heavy atom. The molecule has 5 rings (SSSR count). The highest BCUT2D eigenvalue weighted by Crippen LogP contribution is 2.51. The van der Waals surface area contributed by atoms with Crippen molar-refractivity contribution in [2.75, 3.05) is 0 Å². The van der Waals surface area contributed by atoms with Crippen molar-refractivity contribution in [2.45, 2.75) is 190 Å². The fourth-order valence-electron chi connectivity index (χ4n) is 7.78. The molecule has 2 N–H and O–H groups in total. The second kappa shape index (κ2) is 9.12. The lowest BCUT2D eigenvalue weighted by Crippen LogP contribution is -2.48. The highest BCUT2D eigenvalue weighted by atomic mass is 16.6. The van der Waals surface area contributed by atoms with Gasteiger partial charge in [-0.1, -0.05) is 0 Å². The SMILES string of the molecule is CC(C)(O)[C@H]1CC[C@@](C)([C@@H]2CC[C@](C)([C@H]3CC[C@@H]([C@]4(C)CC[C@H]([C@]5(C)CC[C@H](C(C)(C)O)O5)O4)O3)O2)O1. The van der Waals surface area contributed by atoms with Crippen molar-refractivity contribution in [1.29, 1.82) is 0 Å². The van der Waals surface area contributed by atoms with Crippen molar-refractivity contribution in [2.24, 2.45) is 0 Å². The third-order valence-corrected chi connectivity index (χ3v) is 10.6. The average Bonchev–Trinajstić information content (AvgIpc) is 3.57. The fraction of sp³-hybridized carbons (Fsp3) is 1.00. The minimum absolute atomic E-state index is 0.0124. The van der Waals surface area contributed by atoms with Gasteiger partial charge < -0.3 is 33.9 Å². The van der Waals surface area contributed by atoms with Crippen molar-refractivity contribution in [3.63, 3.8) is 0 Å². The first kappa shape index (κ1) is 28.3. The summed E-state index contributed by atoms with van der Waals surface area (Å²) >= 11 is 0. The first-order valence-corrected chi connectivity index (χ1v) is 14.8. The van der Waals surface area contributed by atoms with E-state index in [1.807, 2.05) is 27.7 Å². The van der Waals surface area contributed by atoms with Crippen LogP contribution >= 0.6 is 0 Å². The zero-order valence-electron chi connectivity index (χ0n) is 24.5. The van der Waals surface area contributed by atoms with E-state index in [0.29, 0.717) is 0 Å². The largest absolute Gasteiger partial charge is 0.388 e. The molecule has 0 aromatic carbocycles. The van der Waals surface area contributed by atoms with Gasteiger partial charge in [-0.05, 0) is 120 Å². The molecule has 0 saturated carbocycles. The van der Waals surface area contributed by atoms with Crippen LogP contribution < -0.4 is 0 Å². The van der Waals surface area contributed by atoms with E-state index in [1.165, 1.54) is 0 Å². The van der Waals surface area contributed by atoms with Crippen LogP contribution in [0.25, 0.3) is 0 Å². The standard InChI is InChI=1S/C30H52O7/c1-25(2,31)19-11-15-29(7,34-19)23-13-17-27(5,36-23)21-9-10-22(33-21)28(6)18-14-24(37-28)30(8)16-12-20(35-30)26(3,4)32/h19-24,31-32H,9-18H2,1-8H3/t19-,20-,21-,22+,23+,24-,27-,28+,29+,30+/m1/s1. The molecule has 5 fully saturated rings. The maximum absolute atomic E-state index is 10.5. The van der Waals surface area contributed by atoms with Gasteiger partial charge in [0.1, 0.15) is 0 Å². The topological polar surface area (TPSA) is 86.6 Å². The summed E-state index contributed by atoms with van der Waals surface area (Å²) in [5, 5.41) is 20.9. The fourth-order valence-corrected chi connectivity index (χ4v) is 7.78. The molecule has 7 heteroatoms. The van der Waals surface area contributed by atoms with Crippen LogP contribution in [0.4, 0.5) is 0 Å². The summed E-state index contributed by atoms with van der Waals surface area (Å²) in [6.07, 6.45) is 9.04. The molecule has 0 unspecified atom stereocenters. The lowest BCUT2D eigenvalue weighted by atomic mass is 9.89. The zero-order chi connectivity index (χ0) is 27.1. The molecule has 0 radical (unpaired) electrons. The Hall–Kier alpha value is -0.280. The lowest BCUT2D eigenvalue weighted by Gasteiger charge is -2.39. The summed E-state index contributed by atoms with van der Waals surface area (Å²) in [4.78, 5) is 0. The molecule has 37 heavy (non-hydrogen) atoms. The quantitative estimate of drug-likeness (QED) is 0.515. The Labute approximate surface area is 223 Å². The maximum Gasteiger partial charge on any atom is 0.0921 e. The highest BCUT2D eigenvalue weighted by molar-refractivity contribution is 5.07. The number of aliphatic hydroxyl groups is 2. The van der Waals surface area contributed by atoms with Crippen LogP contribution in [0, 0.1) is 0 Å². The summed E-state index contributed by atoms with van der Waals surface area (Å²) in [6, 6.07) is 0. The van der Waals surface area contributed by atoms with Crippen molar-refractivity contribution in [3.8, 4) is 0 Å². The van der Waals surface area contributed by atoms with Crippen LogP contribution in [0.3, 0.4) is 0 Å². The van der Waals surface area contributed by atoms with Crippen LogP contribution in [-0.4, -0.2) is 80.4 Å². The summed E-state index contributed by atoms with van der Waals surface area (Å²) in [5.41, 5.74) is -3.10. The van der Waals surface area contributed by atoms with E-state index < -0.39 is 11.2 Å². The first-order chi connectivity index (χ1) is 17.0. The van der Waals surface area contributed by atoms with Crippen molar-refractivity contribution >= 4 is 0 Å². The van der Waals surface area contributed by atoms with Crippen molar-refractivity contribution < 1.29 is 33.9 Å². The molecule has 0 spiro atoms. The molecule has 0 aromatic heterocycles. The van der Waals surface area contributed by atoms with Crippen LogP contribution in [0.5, 0.6) is 0 Å². The molecule has 0 aromatic rings. The van der Waals surface area contributed by atoms with E-state index in [0.717, 1.165) is 64.2 Å². The molecule has 5 aliphatic heterocycles. The van der Waals surface area contributed by atoms with Gasteiger partial charge in [0.15, 0.2) is 0 Å². The van der Waals surface area contributed by atoms with Gasteiger partial charge in [0.2, 0.25) is 0 Å². The molecule has 0 bridgehead atoms. The van der Waals surface area contributed by atoms with Gasteiger partial charge in [-0.2, -0.15) is 0 Å². The Morgan fingerprint density at radius 3 is 1.14 bits per heavy atom. The summed E-state index contributed by atoms with van der Waals surface area (Å²) in [5.74, 6) is 0. The monoisotopic (exact) mass is 524 g/mol. The van der Waals surface area contributed by atoms with Gasteiger partial charge in [-0.3, -0.25) is 0 Å². The van der Waals surface area contributed by atoms with Crippen LogP contribution in [0.1, 0.15) is 120 Å². The first-order valence-electron chi connectivity index (χ1n) is 14.8. The number of rotatable bonds is 6. The third-order valence-electron chi connectivity index (χ3n) is 10.6. The predicted octanol–water partition coefficient (Wildman–Crippen LogP) is 4.83. The number of hydrogen-bond donors (Lipinski definition) is 2. The van der Waals surface area contributed by atoms with Gasteiger partial charge in [0.25, 0.3) is 0 Å². The third kappa shape index (κ3) is 5.16. The Bertz CT molecular complexity index is 782. The Balaban J connectivity index is 1.18. The minimum atomic E-state index is -0.841. The van der Waals surface area contributed by atoms with Gasteiger partial charge in [-0.25, -0.2) is 0 Å². The molecule has 0 amide bonds. The second-order valence-electron chi connectivity index (χ2n) is 14.8. The molecular formula is C30H52O7. The summed E-state index contributed by atoms with van der Waals surface area (Å²) in [6.45, 7) is 16.0. The van der Waals surface area contributed by atoms with Crippen molar-refractivity contribution in [1.82, 2.24) is 0 Å². The second-order valence-corrected chi connectivity index (χ2v) is 14.8. The van der Waals surface area contributed by atoms with Crippen LogP contribution in [-0.2, 0) is 23.7 Å². The lowest BCUT2D eigenvalue weighted by molar-refractivity contribution is -0.214. The molecule has 10 atom stereocenters. The molecule has 0 aliphatic carbocycles. The smallest absolute Gasteiger partial charge is 0.0921 e. The van der Waals surface area contributed by atoms with Gasteiger partial charge in [-0.15, -0.1) is 0 Å². The molecule has 7 nitrogen and oxygen atoms in total. The van der Waals surface area contributed by atoms with Crippen LogP contribution in [0.2, 0.25) is 0 Å². The van der Waals surface area contributed by atoms with Gasteiger partial charge in [0.05, 0.1) is 70.2 Å². The maximum atomic E-state index is 10.5. The number of hydrogen-bond acceptors (Lipinski definition) is 7. The van der Waals surface area contributed by atoms with Gasteiger partial charge in [0, 0.05) is 0 Å². The van der Waals surface area contributed by atoms with E-state index in [1.54, 1.807) is 0 Å². The van der Waals surface area contributed by atoms with Gasteiger partial charge >= 0.3 is 0 Å². The van der Waals surface area contributed by atoms with E-state index in [4.69, 9.17) is 23.7 Å². The van der Waals surface area contributed by atoms with E-state index in [-0.39, 0.29) is 59.0 Å². The predicted molar refractivity (Wildman–Crippen MR) is 141 cm³/mol. The van der Waals surface area contributed by atoms with Crippen LogP contribution in [0.15, 0.2) is 0 Å². The molecule has 5 saturated heterocycles. The molecule has 214 valence electrons. The average molecular weight is 525 g/mol. The summed E-state index contributed by atoms with van der Waals surface area (Å²) in [7, 11) is 0. The highest BCUT2D eigenvalue weighted by Gasteiger charge is 2.58. The van der Waals surface area contributed by atoms with E-state index in [9.17, 15) is 10.2 Å². The minimum Gasteiger partial charge on any atom is -0.388 e.